The van der Waals surface area contributed by atoms with Crippen LogP contribution < -0.4 is 10.9 Å². The third-order valence-electron chi connectivity index (χ3n) is 1.51. The zero-order valence-corrected chi connectivity index (χ0v) is 7.54. The fraction of sp³-hybridized carbons (Fsp3) is 0.500. The number of hydrogen-bond donors (Lipinski definition) is 2. The van der Waals surface area contributed by atoms with Gasteiger partial charge in [-0.15, -0.1) is 0 Å². The molecule has 0 unspecified atom stereocenters. The molecular weight excluding hydrogens is 170 g/mol. The lowest BCUT2D eigenvalue weighted by atomic mass is 10.4. The lowest BCUT2D eigenvalue weighted by Gasteiger charge is -2.03. The number of H-pyrrole nitrogens is 1. The van der Waals surface area contributed by atoms with Crippen LogP contribution in [0.1, 0.15) is 6.42 Å². The smallest absolute Gasteiger partial charge is 0.252 e. The molecule has 0 aromatic carbocycles. The van der Waals surface area contributed by atoms with E-state index in [0.29, 0.717) is 12.4 Å². The van der Waals surface area contributed by atoms with Gasteiger partial charge in [-0.25, -0.2) is 4.98 Å². The molecule has 0 amide bonds. The highest BCUT2D eigenvalue weighted by molar-refractivity contribution is 5.31. The Morgan fingerprint density at radius 1 is 1.69 bits per heavy atom. The van der Waals surface area contributed by atoms with Gasteiger partial charge in [0.15, 0.2) is 0 Å². The van der Waals surface area contributed by atoms with Gasteiger partial charge in [-0.1, -0.05) is 0 Å². The van der Waals surface area contributed by atoms with Gasteiger partial charge in [0, 0.05) is 26.3 Å². The highest BCUT2D eigenvalue weighted by atomic mass is 16.5. The van der Waals surface area contributed by atoms with E-state index in [1.54, 1.807) is 7.11 Å². The number of aromatic nitrogens is 2. The molecule has 0 bridgehead atoms. The van der Waals surface area contributed by atoms with Crippen molar-refractivity contribution in [3.8, 4) is 0 Å². The predicted octanol–water partition coefficient (Wildman–Crippen LogP) is 0.218. The second-order valence-electron chi connectivity index (χ2n) is 2.57. The van der Waals surface area contributed by atoms with Gasteiger partial charge in [0.05, 0.1) is 6.33 Å². The Hall–Kier alpha value is -1.36. The molecule has 0 radical (unpaired) electrons. The van der Waals surface area contributed by atoms with Crippen molar-refractivity contribution < 1.29 is 4.74 Å². The summed E-state index contributed by atoms with van der Waals surface area (Å²) in [6, 6.07) is 1.42. The number of hydrogen-bond acceptors (Lipinski definition) is 4. The molecule has 5 heteroatoms. The molecule has 0 aliphatic rings. The normalized spacial score (nSPS) is 9.92. The molecule has 1 rings (SSSR count). The minimum atomic E-state index is -0.149. The number of aromatic amines is 1. The quantitative estimate of drug-likeness (QED) is 0.641. The summed E-state index contributed by atoms with van der Waals surface area (Å²) in [5.41, 5.74) is -0.149. The largest absolute Gasteiger partial charge is 0.385 e. The molecule has 13 heavy (non-hydrogen) atoms. The maximum atomic E-state index is 10.8. The van der Waals surface area contributed by atoms with Gasteiger partial charge in [0.1, 0.15) is 5.82 Å². The van der Waals surface area contributed by atoms with E-state index in [-0.39, 0.29) is 5.56 Å². The Kier molecular flexibility index (Phi) is 3.98. The van der Waals surface area contributed by atoms with Gasteiger partial charge in [-0.2, -0.15) is 0 Å². The van der Waals surface area contributed by atoms with Crippen LogP contribution in [0.4, 0.5) is 5.82 Å². The van der Waals surface area contributed by atoms with Crippen molar-refractivity contribution in [2.45, 2.75) is 6.42 Å². The minimum Gasteiger partial charge on any atom is -0.385 e. The van der Waals surface area contributed by atoms with Crippen molar-refractivity contribution in [2.24, 2.45) is 0 Å². The Bertz CT molecular complexity index is 297. The number of methoxy groups -OCH3 is 1. The molecule has 0 aliphatic heterocycles. The molecule has 0 saturated heterocycles. The standard InChI is InChI=1S/C8H13N3O2/c1-13-4-2-3-9-7-5-8(12)11-6-10-7/h5-6H,2-4H2,1H3,(H2,9,10,11,12). The third kappa shape index (κ3) is 3.71. The molecule has 1 heterocycles. The highest BCUT2D eigenvalue weighted by Gasteiger charge is 1.92. The van der Waals surface area contributed by atoms with Crippen molar-refractivity contribution in [1.82, 2.24) is 9.97 Å². The Morgan fingerprint density at radius 2 is 2.54 bits per heavy atom. The molecule has 0 atom stereocenters. The topological polar surface area (TPSA) is 67.0 Å². The summed E-state index contributed by atoms with van der Waals surface area (Å²) in [7, 11) is 1.66. The van der Waals surface area contributed by atoms with Gasteiger partial charge in [0.25, 0.3) is 5.56 Å². The number of rotatable bonds is 5. The summed E-state index contributed by atoms with van der Waals surface area (Å²) in [5, 5.41) is 3.01. The van der Waals surface area contributed by atoms with E-state index in [2.05, 4.69) is 15.3 Å². The first-order valence-corrected chi connectivity index (χ1v) is 4.10. The van der Waals surface area contributed by atoms with Gasteiger partial charge < -0.3 is 15.0 Å². The first kappa shape index (κ1) is 9.73. The van der Waals surface area contributed by atoms with Crippen molar-refractivity contribution in [3.63, 3.8) is 0 Å². The van der Waals surface area contributed by atoms with E-state index < -0.39 is 0 Å². The van der Waals surface area contributed by atoms with Gasteiger partial charge in [-0.3, -0.25) is 4.79 Å². The van der Waals surface area contributed by atoms with E-state index in [9.17, 15) is 4.79 Å². The van der Waals surface area contributed by atoms with Crippen LogP contribution in [0.5, 0.6) is 0 Å². The number of ether oxygens (including phenoxy) is 1. The summed E-state index contributed by atoms with van der Waals surface area (Å²) in [6.07, 6.45) is 2.27. The molecule has 0 aliphatic carbocycles. The lowest BCUT2D eigenvalue weighted by Crippen LogP contribution is -2.10. The lowest BCUT2D eigenvalue weighted by molar-refractivity contribution is 0.198. The fourth-order valence-corrected chi connectivity index (χ4v) is 0.898. The third-order valence-corrected chi connectivity index (χ3v) is 1.51. The minimum absolute atomic E-state index is 0.149. The maximum absolute atomic E-state index is 10.8. The molecule has 0 spiro atoms. The van der Waals surface area contributed by atoms with E-state index in [0.717, 1.165) is 13.0 Å². The molecule has 0 saturated carbocycles. The summed E-state index contributed by atoms with van der Waals surface area (Å²) >= 11 is 0. The predicted molar refractivity (Wildman–Crippen MR) is 49.8 cm³/mol. The van der Waals surface area contributed by atoms with E-state index in [1.165, 1.54) is 12.4 Å². The first-order valence-electron chi connectivity index (χ1n) is 4.10. The molecule has 0 fully saturated rings. The molecule has 5 nitrogen and oxygen atoms in total. The van der Waals surface area contributed by atoms with Crippen molar-refractivity contribution in [3.05, 3.63) is 22.7 Å². The van der Waals surface area contributed by atoms with Crippen molar-refractivity contribution >= 4 is 5.82 Å². The molecular formula is C8H13N3O2. The zero-order chi connectivity index (χ0) is 9.52. The molecule has 72 valence electrons. The van der Waals surface area contributed by atoms with Crippen LogP contribution in [0.2, 0.25) is 0 Å². The van der Waals surface area contributed by atoms with Crippen LogP contribution in [0.3, 0.4) is 0 Å². The SMILES string of the molecule is COCCCNc1cc(=O)[nH]cn1. The Balaban J connectivity index is 2.33. The number of nitrogens with one attached hydrogen (secondary N) is 2. The van der Waals surface area contributed by atoms with Crippen LogP contribution >= 0.6 is 0 Å². The summed E-state index contributed by atoms with van der Waals surface area (Å²) in [5.74, 6) is 0.597. The fourth-order valence-electron chi connectivity index (χ4n) is 0.898. The van der Waals surface area contributed by atoms with Crippen LogP contribution in [-0.2, 0) is 4.74 Å². The maximum Gasteiger partial charge on any atom is 0.252 e. The molecule has 1 aromatic rings. The van der Waals surface area contributed by atoms with Crippen LogP contribution in [0.15, 0.2) is 17.2 Å². The molecule has 2 N–H and O–H groups in total. The van der Waals surface area contributed by atoms with Crippen LogP contribution in [0, 0.1) is 0 Å². The van der Waals surface area contributed by atoms with Crippen LogP contribution in [-0.4, -0.2) is 30.2 Å². The average molecular weight is 183 g/mol. The highest BCUT2D eigenvalue weighted by Crippen LogP contribution is 1.94. The van der Waals surface area contributed by atoms with Crippen molar-refractivity contribution in [1.29, 1.82) is 0 Å². The van der Waals surface area contributed by atoms with E-state index >= 15 is 0 Å². The molecule has 1 aromatic heterocycles. The Morgan fingerprint density at radius 3 is 3.23 bits per heavy atom. The van der Waals surface area contributed by atoms with Crippen LogP contribution in [0.25, 0.3) is 0 Å². The monoisotopic (exact) mass is 183 g/mol. The van der Waals surface area contributed by atoms with E-state index in [4.69, 9.17) is 4.74 Å². The number of nitrogens with zero attached hydrogens (tertiary/aromatic N) is 1. The van der Waals surface area contributed by atoms with Gasteiger partial charge >= 0.3 is 0 Å². The Labute approximate surface area is 76.2 Å². The number of anilines is 1. The van der Waals surface area contributed by atoms with E-state index in [1.807, 2.05) is 0 Å². The second kappa shape index (κ2) is 5.31. The average Bonchev–Trinajstić information content (AvgIpc) is 2.13. The summed E-state index contributed by atoms with van der Waals surface area (Å²) in [6.45, 7) is 1.46. The van der Waals surface area contributed by atoms with Gasteiger partial charge in [-0.05, 0) is 6.42 Å². The van der Waals surface area contributed by atoms with Crippen molar-refractivity contribution in [2.75, 3.05) is 25.6 Å². The van der Waals surface area contributed by atoms with Gasteiger partial charge in [0.2, 0.25) is 0 Å². The summed E-state index contributed by atoms with van der Waals surface area (Å²) < 4.78 is 4.88. The first-order chi connectivity index (χ1) is 6.33. The second-order valence-corrected chi connectivity index (χ2v) is 2.57. The zero-order valence-electron chi connectivity index (χ0n) is 7.54. The summed E-state index contributed by atoms with van der Waals surface area (Å²) in [4.78, 5) is 17.2.